The molecule has 0 aromatic heterocycles. The normalized spacial score (nSPS) is 15.7. The number of para-hydroxylation sites is 4. The molecule has 0 radical (unpaired) electrons. The van der Waals surface area contributed by atoms with Crippen molar-refractivity contribution < 1.29 is 26.7 Å². The SMILES string of the molecule is C=C[C@@H]1CN(S(=O)(=O)c2ccccc2[N+](=O)[O-])c2ccccc2N1S(=O)(=O)c1ccccc1[N+](=O)[O-]. The van der Waals surface area contributed by atoms with Crippen molar-refractivity contribution in [2.75, 3.05) is 15.2 Å². The summed E-state index contributed by atoms with van der Waals surface area (Å²) in [6, 6.07) is 14.1. The molecular weight excluding hydrogens is 512 g/mol. The summed E-state index contributed by atoms with van der Waals surface area (Å²) in [7, 11) is -9.11. The Bertz CT molecular complexity index is 1610. The Kier molecular flexibility index (Phi) is 6.24. The second-order valence-corrected chi connectivity index (χ2v) is 11.2. The molecule has 3 aromatic rings. The molecule has 0 saturated carbocycles. The van der Waals surface area contributed by atoms with Gasteiger partial charge < -0.3 is 0 Å². The zero-order chi connectivity index (χ0) is 26.3. The van der Waals surface area contributed by atoms with Gasteiger partial charge in [0.15, 0.2) is 9.79 Å². The van der Waals surface area contributed by atoms with E-state index >= 15 is 0 Å². The average Bonchev–Trinajstić information content (AvgIpc) is 2.87. The molecule has 1 atom stereocenters. The molecule has 0 bridgehead atoms. The van der Waals surface area contributed by atoms with E-state index in [0.29, 0.717) is 0 Å². The van der Waals surface area contributed by atoms with E-state index in [1.807, 2.05) is 0 Å². The van der Waals surface area contributed by atoms with Crippen LogP contribution in [0.15, 0.2) is 95.2 Å². The van der Waals surface area contributed by atoms with Gasteiger partial charge in [0, 0.05) is 12.1 Å². The summed E-state index contributed by atoms with van der Waals surface area (Å²) in [5, 5.41) is 23.0. The van der Waals surface area contributed by atoms with Crippen molar-refractivity contribution in [3.8, 4) is 0 Å². The number of hydrogen-bond donors (Lipinski definition) is 0. The fourth-order valence-electron chi connectivity index (χ4n) is 3.96. The van der Waals surface area contributed by atoms with Crippen LogP contribution in [-0.2, 0) is 20.0 Å². The molecule has 36 heavy (non-hydrogen) atoms. The highest BCUT2D eigenvalue weighted by molar-refractivity contribution is 7.93. The molecule has 0 amide bonds. The highest BCUT2D eigenvalue weighted by atomic mass is 32.2. The van der Waals surface area contributed by atoms with E-state index in [1.54, 1.807) is 0 Å². The second-order valence-electron chi connectivity index (χ2n) is 7.58. The van der Waals surface area contributed by atoms with Crippen molar-refractivity contribution >= 4 is 42.8 Å². The lowest BCUT2D eigenvalue weighted by atomic mass is 10.1. The fraction of sp³-hybridized carbons (Fsp3) is 0.0909. The van der Waals surface area contributed by atoms with Gasteiger partial charge in [-0.1, -0.05) is 42.5 Å². The van der Waals surface area contributed by atoms with E-state index in [9.17, 15) is 37.1 Å². The van der Waals surface area contributed by atoms with Gasteiger partial charge in [0.2, 0.25) is 0 Å². The predicted octanol–water partition coefficient (Wildman–Crippen LogP) is 3.46. The van der Waals surface area contributed by atoms with Crippen LogP contribution >= 0.6 is 0 Å². The molecule has 14 heteroatoms. The molecule has 0 saturated heterocycles. The number of nitro benzene ring substituents is 2. The molecular formula is C22H18N4O8S2. The van der Waals surface area contributed by atoms with Gasteiger partial charge in [0.05, 0.1) is 33.8 Å². The Hall–Kier alpha value is -4.30. The van der Waals surface area contributed by atoms with Gasteiger partial charge in [-0.15, -0.1) is 6.58 Å². The van der Waals surface area contributed by atoms with Crippen LogP contribution in [0, 0.1) is 20.2 Å². The Balaban J connectivity index is 1.94. The number of rotatable bonds is 7. The number of nitrogens with zero attached hydrogens (tertiary/aromatic N) is 4. The lowest BCUT2D eigenvalue weighted by Gasteiger charge is -2.41. The van der Waals surface area contributed by atoms with Gasteiger partial charge in [0.1, 0.15) is 0 Å². The monoisotopic (exact) mass is 530 g/mol. The van der Waals surface area contributed by atoms with Gasteiger partial charge >= 0.3 is 0 Å². The van der Waals surface area contributed by atoms with Crippen LogP contribution in [-0.4, -0.2) is 39.3 Å². The third kappa shape index (κ3) is 3.95. The Morgan fingerprint density at radius 3 is 1.69 bits per heavy atom. The first-order chi connectivity index (χ1) is 17.0. The number of benzene rings is 3. The molecule has 12 nitrogen and oxygen atoms in total. The first kappa shape index (κ1) is 24.8. The summed E-state index contributed by atoms with van der Waals surface area (Å²) in [5.74, 6) is 0. The summed E-state index contributed by atoms with van der Waals surface area (Å²) < 4.78 is 56.5. The van der Waals surface area contributed by atoms with Crippen molar-refractivity contribution in [2.45, 2.75) is 15.8 Å². The topological polar surface area (TPSA) is 161 Å². The fourth-order valence-corrected chi connectivity index (χ4v) is 7.41. The number of nitro groups is 2. The van der Waals surface area contributed by atoms with E-state index in [0.717, 1.165) is 32.9 Å². The summed E-state index contributed by atoms with van der Waals surface area (Å²) in [5.41, 5.74) is -1.45. The van der Waals surface area contributed by atoms with Crippen LogP contribution in [0.2, 0.25) is 0 Å². The highest BCUT2D eigenvalue weighted by Crippen LogP contribution is 2.43. The first-order valence-electron chi connectivity index (χ1n) is 10.3. The highest BCUT2D eigenvalue weighted by Gasteiger charge is 2.44. The van der Waals surface area contributed by atoms with Crippen molar-refractivity contribution in [1.29, 1.82) is 0 Å². The summed E-state index contributed by atoms with van der Waals surface area (Å²) >= 11 is 0. The predicted molar refractivity (Wildman–Crippen MR) is 131 cm³/mol. The maximum atomic E-state index is 13.7. The molecule has 0 spiro atoms. The Labute approximate surface area is 206 Å². The third-order valence-corrected chi connectivity index (χ3v) is 9.26. The lowest BCUT2D eigenvalue weighted by Crippen LogP contribution is -2.52. The standard InChI is InChI=1S/C22H18N4O8S2/c1-2-16-15-23(35(31,32)21-13-7-5-11-19(21)25(27)28)17-9-3-4-10-18(17)24(16)36(33,34)22-14-8-6-12-20(22)26(29)30/h2-14,16H,1,15H2/t16-/m1/s1. The Morgan fingerprint density at radius 2 is 1.19 bits per heavy atom. The molecule has 0 N–H and O–H groups in total. The van der Waals surface area contributed by atoms with Gasteiger partial charge in [0.25, 0.3) is 31.4 Å². The molecule has 4 rings (SSSR count). The van der Waals surface area contributed by atoms with E-state index in [2.05, 4.69) is 6.58 Å². The summed E-state index contributed by atoms with van der Waals surface area (Å²) in [6.07, 6.45) is 1.20. The van der Waals surface area contributed by atoms with E-state index in [-0.39, 0.29) is 11.4 Å². The maximum Gasteiger partial charge on any atom is 0.289 e. The van der Waals surface area contributed by atoms with Gasteiger partial charge in [-0.25, -0.2) is 16.8 Å². The summed E-state index contributed by atoms with van der Waals surface area (Å²) in [4.78, 5) is 20.3. The molecule has 3 aromatic carbocycles. The average molecular weight is 531 g/mol. The van der Waals surface area contributed by atoms with Gasteiger partial charge in [-0.05, 0) is 24.3 Å². The second kappa shape index (κ2) is 9.05. The smallest absolute Gasteiger partial charge is 0.262 e. The molecule has 1 heterocycles. The minimum absolute atomic E-state index is 0.0732. The largest absolute Gasteiger partial charge is 0.289 e. The van der Waals surface area contributed by atoms with Gasteiger partial charge in [-0.3, -0.25) is 28.8 Å². The van der Waals surface area contributed by atoms with Crippen molar-refractivity contribution in [3.63, 3.8) is 0 Å². The van der Waals surface area contributed by atoms with Crippen molar-refractivity contribution in [3.05, 3.63) is 106 Å². The molecule has 0 aliphatic carbocycles. The first-order valence-corrected chi connectivity index (χ1v) is 13.2. The van der Waals surface area contributed by atoms with Crippen LogP contribution in [0.3, 0.4) is 0 Å². The van der Waals surface area contributed by atoms with Crippen LogP contribution in [0.25, 0.3) is 0 Å². The lowest BCUT2D eigenvalue weighted by molar-refractivity contribution is -0.388. The molecule has 0 fully saturated rings. The van der Waals surface area contributed by atoms with Crippen LogP contribution in [0.1, 0.15) is 0 Å². The number of hydrogen-bond acceptors (Lipinski definition) is 8. The molecule has 186 valence electrons. The molecule has 1 aliphatic rings. The number of anilines is 2. The van der Waals surface area contributed by atoms with E-state index in [4.69, 9.17) is 0 Å². The maximum absolute atomic E-state index is 13.7. The van der Waals surface area contributed by atoms with E-state index < -0.39 is 63.6 Å². The van der Waals surface area contributed by atoms with Crippen LogP contribution in [0.5, 0.6) is 0 Å². The quantitative estimate of drug-likeness (QED) is 0.255. The van der Waals surface area contributed by atoms with E-state index in [1.165, 1.54) is 54.6 Å². The third-order valence-electron chi connectivity index (χ3n) is 5.54. The minimum Gasteiger partial charge on any atom is -0.262 e. The number of sulfonamides is 2. The van der Waals surface area contributed by atoms with Crippen LogP contribution in [0.4, 0.5) is 22.7 Å². The van der Waals surface area contributed by atoms with Crippen molar-refractivity contribution in [2.24, 2.45) is 0 Å². The van der Waals surface area contributed by atoms with Crippen molar-refractivity contribution in [1.82, 2.24) is 0 Å². The minimum atomic E-state index is -4.58. The molecule has 0 unspecified atom stereocenters. The Morgan fingerprint density at radius 1 is 0.750 bits per heavy atom. The summed E-state index contributed by atoms with van der Waals surface area (Å²) in [6.45, 7) is 3.16. The zero-order valence-corrected chi connectivity index (χ0v) is 20.0. The zero-order valence-electron chi connectivity index (χ0n) is 18.4. The van der Waals surface area contributed by atoms with Gasteiger partial charge in [-0.2, -0.15) is 0 Å². The number of fused-ring (bicyclic) bond motifs is 1. The molecule has 1 aliphatic heterocycles. The van der Waals surface area contributed by atoms with Crippen LogP contribution < -0.4 is 8.61 Å².